The topological polar surface area (TPSA) is 46.9 Å². The summed E-state index contributed by atoms with van der Waals surface area (Å²) < 4.78 is 28.5. The predicted molar refractivity (Wildman–Crippen MR) is 108 cm³/mol. The number of nitrogens with zero attached hydrogens (tertiary/aromatic N) is 2. The van der Waals surface area contributed by atoms with Crippen LogP contribution in [0, 0.1) is 18.6 Å². The molecule has 1 N–H and O–H groups in total. The number of carbonyl (C=O) groups excluding carboxylic acids is 1. The van der Waals surface area contributed by atoms with Crippen LogP contribution in [0.5, 0.6) is 0 Å². The lowest BCUT2D eigenvalue weighted by Gasteiger charge is -2.11. The van der Waals surface area contributed by atoms with Crippen LogP contribution in [-0.4, -0.2) is 15.5 Å². The van der Waals surface area contributed by atoms with Crippen molar-refractivity contribution in [3.8, 4) is 0 Å². The highest BCUT2D eigenvalue weighted by atomic mass is 19.2. The molecule has 0 atom stereocenters. The number of halogens is 2. The van der Waals surface area contributed by atoms with Gasteiger partial charge in [-0.2, -0.15) is 0 Å². The second-order valence-electron chi connectivity index (χ2n) is 6.90. The van der Waals surface area contributed by atoms with Gasteiger partial charge in [0.05, 0.1) is 17.6 Å². The number of imidazole rings is 1. The molecule has 0 spiro atoms. The van der Waals surface area contributed by atoms with E-state index in [1.54, 1.807) is 0 Å². The van der Waals surface area contributed by atoms with Gasteiger partial charge in [0.25, 0.3) is 5.91 Å². The third-order valence-electron chi connectivity index (χ3n) is 4.78. The van der Waals surface area contributed by atoms with Crippen LogP contribution >= 0.6 is 0 Å². The molecule has 4 aromatic rings. The maximum absolute atomic E-state index is 13.4. The van der Waals surface area contributed by atoms with Crippen LogP contribution in [0.2, 0.25) is 0 Å². The second kappa shape index (κ2) is 7.83. The number of aryl methyl sites for hydroxylation is 1. The van der Waals surface area contributed by atoms with Gasteiger partial charge in [-0.05, 0) is 42.8 Å². The van der Waals surface area contributed by atoms with Crippen LogP contribution < -0.4 is 5.32 Å². The Bertz CT molecular complexity index is 1180. The Morgan fingerprint density at radius 2 is 1.76 bits per heavy atom. The predicted octanol–water partition coefficient (Wildman–Crippen LogP) is 4.60. The summed E-state index contributed by atoms with van der Waals surface area (Å²) in [5.41, 5.74) is 4.15. The number of hydrogen-bond acceptors (Lipinski definition) is 2. The summed E-state index contributed by atoms with van der Waals surface area (Å²) in [4.78, 5) is 17.0. The molecule has 1 heterocycles. The number of nitrogens with one attached hydrogen (secondary N) is 1. The molecule has 0 fully saturated rings. The summed E-state index contributed by atoms with van der Waals surface area (Å²) in [7, 11) is 0. The number of para-hydroxylation sites is 2. The Morgan fingerprint density at radius 3 is 2.52 bits per heavy atom. The summed E-state index contributed by atoms with van der Waals surface area (Å²) in [5.74, 6) is -1.84. The summed E-state index contributed by atoms with van der Waals surface area (Å²) in [6, 6.07) is 19.1. The monoisotopic (exact) mass is 391 g/mol. The van der Waals surface area contributed by atoms with Crippen LogP contribution in [0.3, 0.4) is 0 Å². The molecule has 3 aromatic carbocycles. The van der Waals surface area contributed by atoms with E-state index in [1.807, 2.05) is 35.8 Å². The molecule has 146 valence electrons. The first-order chi connectivity index (χ1) is 14.0. The van der Waals surface area contributed by atoms with Crippen molar-refractivity contribution in [3.63, 3.8) is 0 Å². The number of aromatic nitrogens is 2. The third-order valence-corrected chi connectivity index (χ3v) is 4.78. The van der Waals surface area contributed by atoms with Gasteiger partial charge in [0.15, 0.2) is 11.6 Å². The van der Waals surface area contributed by atoms with Crippen molar-refractivity contribution in [1.82, 2.24) is 14.9 Å². The fourth-order valence-corrected chi connectivity index (χ4v) is 3.21. The highest BCUT2D eigenvalue weighted by molar-refractivity contribution is 5.94. The number of hydrogen-bond donors (Lipinski definition) is 1. The van der Waals surface area contributed by atoms with Gasteiger partial charge in [-0.3, -0.25) is 4.79 Å². The molecule has 4 rings (SSSR count). The van der Waals surface area contributed by atoms with Gasteiger partial charge >= 0.3 is 0 Å². The Labute approximate surface area is 166 Å². The maximum atomic E-state index is 13.4. The molecule has 0 saturated carbocycles. The standard InChI is InChI=1S/C23H19F2N3O/c1-15-6-8-16(9-7-15)14-28-21-5-3-2-4-20(21)27-22(28)13-26-23(29)17-10-11-18(24)19(25)12-17/h2-12H,13-14H2,1H3,(H,26,29). The minimum Gasteiger partial charge on any atom is -0.345 e. The van der Waals surface area contributed by atoms with E-state index in [4.69, 9.17) is 0 Å². The Balaban J connectivity index is 1.60. The molecular weight excluding hydrogens is 372 g/mol. The SMILES string of the molecule is Cc1ccc(Cn2c(CNC(=O)c3ccc(F)c(F)c3)nc3ccccc32)cc1. The molecule has 0 aliphatic carbocycles. The Hall–Kier alpha value is -3.54. The van der Waals surface area contributed by atoms with E-state index in [2.05, 4.69) is 34.6 Å². The van der Waals surface area contributed by atoms with Crippen molar-refractivity contribution in [2.24, 2.45) is 0 Å². The molecular formula is C23H19F2N3O. The molecule has 0 unspecified atom stereocenters. The minimum atomic E-state index is -1.05. The van der Waals surface area contributed by atoms with E-state index in [-0.39, 0.29) is 12.1 Å². The summed E-state index contributed by atoms with van der Waals surface area (Å²) in [6.07, 6.45) is 0. The van der Waals surface area contributed by atoms with Crippen LogP contribution in [0.25, 0.3) is 11.0 Å². The molecule has 0 aliphatic rings. The smallest absolute Gasteiger partial charge is 0.251 e. The molecule has 1 amide bonds. The van der Waals surface area contributed by atoms with Crippen molar-refractivity contribution in [2.45, 2.75) is 20.0 Å². The lowest BCUT2D eigenvalue weighted by Crippen LogP contribution is -2.25. The lowest BCUT2D eigenvalue weighted by molar-refractivity contribution is 0.0949. The molecule has 6 heteroatoms. The molecule has 0 radical (unpaired) electrons. The number of rotatable bonds is 5. The van der Waals surface area contributed by atoms with Crippen LogP contribution in [0.1, 0.15) is 27.3 Å². The quantitative estimate of drug-likeness (QED) is 0.540. The lowest BCUT2D eigenvalue weighted by atomic mass is 10.1. The van der Waals surface area contributed by atoms with Gasteiger partial charge in [0.2, 0.25) is 0 Å². The van der Waals surface area contributed by atoms with E-state index >= 15 is 0 Å². The van der Waals surface area contributed by atoms with Crippen molar-refractivity contribution in [3.05, 3.63) is 101 Å². The summed E-state index contributed by atoms with van der Waals surface area (Å²) >= 11 is 0. The maximum Gasteiger partial charge on any atom is 0.251 e. The van der Waals surface area contributed by atoms with E-state index in [1.165, 1.54) is 11.6 Å². The first-order valence-corrected chi connectivity index (χ1v) is 9.24. The second-order valence-corrected chi connectivity index (χ2v) is 6.90. The highest BCUT2D eigenvalue weighted by Gasteiger charge is 2.14. The fraction of sp³-hybridized carbons (Fsp3) is 0.130. The van der Waals surface area contributed by atoms with Gasteiger partial charge < -0.3 is 9.88 Å². The zero-order chi connectivity index (χ0) is 20.4. The Morgan fingerprint density at radius 1 is 1.00 bits per heavy atom. The molecule has 0 saturated heterocycles. The molecule has 0 bridgehead atoms. The molecule has 4 nitrogen and oxygen atoms in total. The minimum absolute atomic E-state index is 0.0603. The first kappa shape index (κ1) is 18.8. The largest absolute Gasteiger partial charge is 0.345 e. The van der Waals surface area contributed by atoms with E-state index in [0.717, 1.165) is 28.7 Å². The number of fused-ring (bicyclic) bond motifs is 1. The van der Waals surface area contributed by atoms with Gasteiger partial charge in [0, 0.05) is 12.1 Å². The number of benzene rings is 3. The number of carbonyl (C=O) groups is 1. The van der Waals surface area contributed by atoms with Crippen molar-refractivity contribution < 1.29 is 13.6 Å². The molecule has 1 aromatic heterocycles. The van der Waals surface area contributed by atoms with E-state index < -0.39 is 17.5 Å². The van der Waals surface area contributed by atoms with Crippen LogP contribution in [0.15, 0.2) is 66.7 Å². The average Bonchev–Trinajstić information content (AvgIpc) is 3.07. The molecule has 0 aliphatic heterocycles. The van der Waals surface area contributed by atoms with Crippen LogP contribution in [-0.2, 0) is 13.1 Å². The average molecular weight is 391 g/mol. The first-order valence-electron chi connectivity index (χ1n) is 9.24. The van der Waals surface area contributed by atoms with E-state index in [0.29, 0.717) is 12.4 Å². The third kappa shape index (κ3) is 4.01. The summed E-state index contributed by atoms with van der Waals surface area (Å²) in [6.45, 7) is 2.81. The van der Waals surface area contributed by atoms with Gasteiger partial charge in [-0.25, -0.2) is 13.8 Å². The molecule has 29 heavy (non-hydrogen) atoms. The van der Waals surface area contributed by atoms with Crippen molar-refractivity contribution in [2.75, 3.05) is 0 Å². The zero-order valence-corrected chi connectivity index (χ0v) is 15.8. The van der Waals surface area contributed by atoms with E-state index in [9.17, 15) is 13.6 Å². The fourth-order valence-electron chi connectivity index (χ4n) is 3.21. The normalized spacial score (nSPS) is 11.0. The number of amides is 1. The van der Waals surface area contributed by atoms with Crippen molar-refractivity contribution in [1.29, 1.82) is 0 Å². The van der Waals surface area contributed by atoms with Crippen LogP contribution in [0.4, 0.5) is 8.78 Å². The van der Waals surface area contributed by atoms with Gasteiger partial charge in [-0.1, -0.05) is 42.0 Å². The highest BCUT2D eigenvalue weighted by Crippen LogP contribution is 2.18. The Kier molecular flexibility index (Phi) is 5.08. The van der Waals surface area contributed by atoms with Gasteiger partial charge in [-0.15, -0.1) is 0 Å². The van der Waals surface area contributed by atoms with Gasteiger partial charge in [0.1, 0.15) is 5.82 Å². The zero-order valence-electron chi connectivity index (χ0n) is 15.8. The van der Waals surface area contributed by atoms with Crippen molar-refractivity contribution >= 4 is 16.9 Å². The summed E-state index contributed by atoms with van der Waals surface area (Å²) in [5, 5.41) is 2.75.